The molecular formula is C17H22N2O. The number of likely N-dealkylation sites (tertiary alicyclic amines) is 1. The van der Waals surface area contributed by atoms with Crippen LogP contribution in [0.4, 0.5) is 0 Å². The van der Waals surface area contributed by atoms with E-state index in [1.54, 1.807) is 6.20 Å². The van der Waals surface area contributed by atoms with Gasteiger partial charge >= 0.3 is 0 Å². The van der Waals surface area contributed by atoms with Gasteiger partial charge in [0, 0.05) is 30.7 Å². The number of fused-ring (bicyclic) bond motifs is 1. The standard InChI is InChI=1S/C17H22N2O/c1-13(2)19-11-8-17(20,9-12-19)15-6-3-7-16-14(15)5-4-10-18-16/h3-7,10,13,20H,8-9,11-12H2,1-2H3. The van der Waals surface area contributed by atoms with E-state index in [2.05, 4.69) is 35.9 Å². The molecule has 3 nitrogen and oxygen atoms in total. The lowest BCUT2D eigenvalue weighted by Gasteiger charge is -2.40. The predicted octanol–water partition coefficient (Wildman–Crippen LogP) is 2.93. The second-order valence-electron chi connectivity index (χ2n) is 6.04. The molecule has 1 aliphatic rings. The quantitative estimate of drug-likeness (QED) is 0.911. The highest BCUT2D eigenvalue weighted by molar-refractivity contribution is 5.82. The van der Waals surface area contributed by atoms with E-state index in [0.29, 0.717) is 6.04 Å². The molecule has 1 N–H and O–H groups in total. The summed E-state index contributed by atoms with van der Waals surface area (Å²) in [6.45, 7) is 6.33. The van der Waals surface area contributed by atoms with Crippen LogP contribution in [0.3, 0.4) is 0 Å². The van der Waals surface area contributed by atoms with Gasteiger partial charge in [-0.15, -0.1) is 0 Å². The van der Waals surface area contributed by atoms with Gasteiger partial charge in [0.05, 0.1) is 11.1 Å². The first-order valence-electron chi connectivity index (χ1n) is 7.41. The van der Waals surface area contributed by atoms with Crippen molar-refractivity contribution in [2.75, 3.05) is 13.1 Å². The van der Waals surface area contributed by atoms with E-state index in [4.69, 9.17) is 0 Å². The third-order valence-electron chi connectivity index (χ3n) is 4.50. The molecule has 0 atom stereocenters. The average Bonchev–Trinajstić information content (AvgIpc) is 2.47. The Labute approximate surface area is 120 Å². The zero-order valence-electron chi connectivity index (χ0n) is 12.2. The van der Waals surface area contributed by atoms with Gasteiger partial charge < -0.3 is 10.0 Å². The lowest BCUT2D eigenvalue weighted by Crippen LogP contribution is -2.45. The lowest BCUT2D eigenvalue weighted by atomic mass is 9.82. The molecule has 0 amide bonds. The number of pyridine rings is 1. The van der Waals surface area contributed by atoms with Gasteiger partial charge in [-0.2, -0.15) is 0 Å². The van der Waals surface area contributed by atoms with Crippen LogP contribution in [0.15, 0.2) is 36.5 Å². The highest BCUT2D eigenvalue weighted by Gasteiger charge is 2.35. The first-order chi connectivity index (χ1) is 9.60. The molecule has 1 saturated heterocycles. The van der Waals surface area contributed by atoms with Crippen molar-refractivity contribution in [3.05, 3.63) is 42.1 Å². The van der Waals surface area contributed by atoms with E-state index < -0.39 is 5.60 Å². The Morgan fingerprint density at radius 1 is 1.15 bits per heavy atom. The summed E-state index contributed by atoms with van der Waals surface area (Å²) in [5.74, 6) is 0. The highest BCUT2D eigenvalue weighted by Crippen LogP contribution is 2.36. The summed E-state index contributed by atoms with van der Waals surface area (Å²) >= 11 is 0. The molecule has 2 aromatic rings. The van der Waals surface area contributed by atoms with Crippen LogP contribution in [0.25, 0.3) is 10.9 Å². The van der Waals surface area contributed by atoms with Gasteiger partial charge in [0.1, 0.15) is 0 Å². The second-order valence-corrected chi connectivity index (χ2v) is 6.04. The highest BCUT2D eigenvalue weighted by atomic mass is 16.3. The summed E-state index contributed by atoms with van der Waals surface area (Å²) in [4.78, 5) is 6.82. The first kappa shape index (κ1) is 13.5. The molecule has 1 fully saturated rings. The maximum absolute atomic E-state index is 11.1. The number of hydrogen-bond donors (Lipinski definition) is 1. The van der Waals surface area contributed by atoms with E-state index >= 15 is 0 Å². The molecule has 1 aromatic heterocycles. The van der Waals surface area contributed by atoms with Crippen LogP contribution in [0.1, 0.15) is 32.3 Å². The third-order valence-corrected chi connectivity index (χ3v) is 4.50. The number of hydrogen-bond acceptors (Lipinski definition) is 3. The minimum Gasteiger partial charge on any atom is -0.385 e. The molecule has 2 heterocycles. The van der Waals surface area contributed by atoms with Gasteiger partial charge in [0.15, 0.2) is 0 Å². The van der Waals surface area contributed by atoms with E-state index in [0.717, 1.165) is 42.4 Å². The zero-order valence-corrected chi connectivity index (χ0v) is 12.2. The summed E-state index contributed by atoms with van der Waals surface area (Å²) in [7, 11) is 0. The normalized spacial score (nSPS) is 19.6. The molecule has 1 aliphatic heterocycles. The Morgan fingerprint density at radius 3 is 2.60 bits per heavy atom. The lowest BCUT2D eigenvalue weighted by molar-refractivity contribution is -0.0312. The fourth-order valence-electron chi connectivity index (χ4n) is 3.19. The van der Waals surface area contributed by atoms with E-state index in [1.807, 2.05) is 18.2 Å². The van der Waals surface area contributed by atoms with Crippen LogP contribution in [0, 0.1) is 0 Å². The molecule has 0 saturated carbocycles. The molecule has 3 rings (SSSR count). The van der Waals surface area contributed by atoms with Gasteiger partial charge in [-0.25, -0.2) is 0 Å². The molecule has 1 aromatic carbocycles. The van der Waals surface area contributed by atoms with Crippen LogP contribution in [-0.2, 0) is 5.60 Å². The fraction of sp³-hybridized carbons (Fsp3) is 0.471. The summed E-state index contributed by atoms with van der Waals surface area (Å²) in [5.41, 5.74) is 1.28. The van der Waals surface area contributed by atoms with E-state index in [-0.39, 0.29) is 0 Å². The molecular weight excluding hydrogens is 248 g/mol. The van der Waals surface area contributed by atoms with Crippen molar-refractivity contribution < 1.29 is 5.11 Å². The van der Waals surface area contributed by atoms with Gasteiger partial charge in [-0.3, -0.25) is 4.98 Å². The predicted molar refractivity (Wildman–Crippen MR) is 81.6 cm³/mol. The average molecular weight is 270 g/mol. The molecule has 3 heteroatoms. The Bertz CT molecular complexity index is 595. The summed E-state index contributed by atoms with van der Waals surface area (Å²) < 4.78 is 0. The van der Waals surface area contributed by atoms with Crippen LogP contribution in [0.2, 0.25) is 0 Å². The van der Waals surface area contributed by atoms with Crippen LogP contribution >= 0.6 is 0 Å². The van der Waals surface area contributed by atoms with Gasteiger partial charge in [0.2, 0.25) is 0 Å². The van der Waals surface area contributed by atoms with Crippen molar-refractivity contribution in [2.24, 2.45) is 0 Å². The third kappa shape index (κ3) is 2.32. The molecule has 0 spiro atoms. The maximum atomic E-state index is 11.1. The molecule has 0 aliphatic carbocycles. The van der Waals surface area contributed by atoms with Crippen molar-refractivity contribution in [3.8, 4) is 0 Å². The Hall–Kier alpha value is -1.45. The monoisotopic (exact) mass is 270 g/mol. The number of piperidine rings is 1. The molecule has 0 unspecified atom stereocenters. The van der Waals surface area contributed by atoms with Crippen molar-refractivity contribution >= 4 is 10.9 Å². The van der Waals surface area contributed by atoms with Crippen LogP contribution in [-0.4, -0.2) is 34.1 Å². The SMILES string of the molecule is CC(C)N1CCC(O)(c2cccc3ncccc23)CC1. The smallest absolute Gasteiger partial charge is 0.0927 e. The van der Waals surface area contributed by atoms with Crippen molar-refractivity contribution in [1.82, 2.24) is 9.88 Å². The zero-order chi connectivity index (χ0) is 14.2. The van der Waals surface area contributed by atoms with Crippen LogP contribution < -0.4 is 0 Å². The Kier molecular flexibility index (Phi) is 3.48. The van der Waals surface area contributed by atoms with E-state index in [1.165, 1.54) is 0 Å². The number of benzene rings is 1. The first-order valence-corrected chi connectivity index (χ1v) is 7.41. The minimum atomic E-state index is -0.714. The largest absolute Gasteiger partial charge is 0.385 e. The van der Waals surface area contributed by atoms with Crippen molar-refractivity contribution in [1.29, 1.82) is 0 Å². The summed E-state index contributed by atoms with van der Waals surface area (Å²) in [5, 5.41) is 12.2. The molecule has 0 bridgehead atoms. The van der Waals surface area contributed by atoms with Gasteiger partial charge in [0.25, 0.3) is 0 Å². The number of aromatic nitrogens is 1. The van der Waals surface area contributed by atoms with Gasteiger partial charge in [-0.1, -0.05) is 18.2 Å². The maximum Gasteiger partial charge on any atom is 0.0927 e. The van der Waals surface area contributed by atoms with E-state index in [9.17, 15) is 5.11 Å². The second kappa shape index (κ2) is 5.15. The molecule has 0 radical (unpaired) electrons. The van der Waals surface area contributed by atoms with Gasteiger partial charge in [-0.05, 0) is 44.4 Å². The number of nitrogens with zero attached hydrogens (tertiary/aromatic N) is 2. The Morgan fingerprint density at radius 2 is 1.90 bits per heavy atom. The molecule has 106 valence electrons. The fourth-order valence-corrected chi connectivity index (χ4v) is 3.19. The topological polar surface area (TPSA) is 36.4 Å². The number of rotatable bonds is 2. The summed E-state index contributed by atoms with van der Waals surface area (Å²) in [6.07, 6.45) is 3.38. The van der Waals surface area contributed by atoms with Crippen molar-refractivity contribution in [2.45, 2.75) is 38.3 Å². The van der Waals surface area contributed by atoms with Crippen molar-refractivity contribution in [3.63, 3.8) is 0 Å². The minimum absolute atomic E-state index is 0.550. The molecule has 20 heavy (non-hydrogen) atoms. The van der Waals surface area contributed by atoms with Crippen LogP contribution in [0.5, 0.6) is 0 Å². The number of aliphatic hydroxyl groups is 1. The Balaban J connectivity index is 1.95. The summed E-state index contributed by atoms with van der Waals surface area (Å²) in [6, 6.07) is 10.6.